The molecule has 6 N–H and O–H groups in total. The Hall–Kier alpha value is -1.24. The zero-order valence-electron chi connectivity index (χ0n) is 14.5. The number of carboxylic acids is 1. The first-order chi connectivity index (χ1) is 12.9. The number of hydrogen-bond acceptors (Lipinski definition) is 5. The minimum Gasteiger partial charge on any atom is -0.480 e. The van der Waals surface area contributed by atoms with Crippen molar-refractivity contribution in [3.63, 3.8) is 0 Å². The first-order valence-electron chi connectivity index (χ1n) is 7.44. The molecule has 0 aliphatic carbocycles. The van der Waals surface area contributed by atoms with E-state index in [1.807, 2.05) is 67.8 Å². The van der Waals surface area contributed by atoms with Crippen LogP contribution in [0.25, 0.3) is 0 Å². The molecular formula is C15H15I3N4O6. The zero-order valence-corrected chi connectivity index (χ0v) is 21.0. The Labute approximate surface area is 200 Å². The van der Waals surface area contributed by atoms with Gasteiger partial charge in [0, 0.05) is 13.8 Å². The van der Waals surface area contributed by atoms with Gasteiger partial charge >= 0.3 is 5.97 Å². The smallest absolute Gasteiger partial charge is 0.326 e. The van der Waals surface area contributed by atoms with E-state index in [-0.39, 0.29) is 5.56 Å². The van der Waals surface area contributed by atoms with E-state index in [0.29, 0.717) is 22.1 Å². The van der Waals surface area contributed by atoms with Crippen molar-refractivity contribution in [1.29, 1.82) is 0 Å². The number of benzene rings is 1. The number of nitrogens with two attached hydrogens (primary N) is 1. The maximum absolute atomic E-state index is 12.8. The average Bonchev–Trinajstić information content (AvgIpc) is 2.54. The summed E-state index contributed by atoms with van der Waals surface area (Å²) in [6.07, 6.45) is -0.588. The number of carbonyl (C=O) groups is 5. The molecule has 1 aromatic rings. The highest BCUT2D eigenvalue weighted by Crippen LogP contribution is 2.39. The molecule has 1 unspecified atom stereocenters. The monoisotopic (exact) mass is 728 g/mol. The van der Waals surface area contributed by atoms with Crippen LogP contribution in [0.2, 0.25) is 0 Å². The number of rotatable bonds is 7. The molecule has 0 aliphatic rings. The Balaban J connectivity index is 3.56. The van der Waals surface area contributed by atoms with Crippen LogP contribution in [0, 0.1) is 10.7 Å². The highest BCUT2D eigenvalue weighted by atomic mass is 127. The Morgan fingerprint density at radius 2 is 1.36 bits per heavy atom. The third-order valence-electron chi connectivity index (χ3n) is 3.15. The predicted octanol–water partition coefficient (Wildman–Crippen LogP) is 1.48. The Kier molecular flexibility index (Phi) is 9.31. The van der Waals surface area contributed by atoms with Crippen molar-refractivity contribution in [1.82, 2.24) is 5.32 Å². The largest absolute Gasteiger partial charge is 0.480 e. The molecule has 0 fully saturated rings. The third kappa shape index (κ3) is 6.39. The molecule has 0 saturated heterocycles. The van der Waals surface area contributed by atoms with Crippen LogP contribution in [0.3, 0.4) is 0 Å². The molecule has 0 radical (unpaired) electrons. The first-order valence-corrected chi connectivity index (χ1v) is 10.7. The maximum atomic E-state index is 12.8. The van der Waals surface area contributed by atoms with Crippen LogP contribution in [0.15, 0.2) is 0 Å². The molecule has 0 bridgehead atoms. The highest BCUT2D eigenvalue weighted by molar-refractivity contribution is 14.1. The Morgan fingerprint density at radius 3 is 1.68 bits per heavy atom. The molecule has 0 spiro atoms. The van der Waals surface area contributed by atoms with Gasteiger partial charge in [0.1, 0.15) is 6.04 Å². The predicted molar refractivity (Wildman–Crippen MR) is 126 cm³/mol. The number of amides is 4. The Bertz CT molecular complexity index is 831. The third-order valence-corrected chi connectivity index (χ3v) is 6.39. The molecule has 0 aromatic heterocycles. The fourth-order valence-corrected chi connectivity index (χ4v) is 6.26. The zero-order chi connectivity index (χ0) is 21.8. The fourth-order valence-electron chi connectivity index (χ4n) is 2.07. The van der Waals surface area contributed by atoms with Crippen LogP contribution < -0.4 is 21.7 Å². The second-order valence-electron chi connectivity index (χ2n) is 5.46. The number of carbonyl (C=O) groups excluding carboxylic acids is 4. The van der Waals surface area contributed by atoms with E-state index in [2.05, 4.69) is 16.0 Å². The van der Waals surface area contributed by atoms with Crippen molar-refractivity contribution in [2.75, 3.05) is 10.6 Å². The molecule has 13 heteroatoms. The van der Waals surface area contributed by atoms with Gasteiger partial charge in [-0.3, -0.25) is 19.2 Å². The van der Waals surface area contributed by atoms with Gasteiger partial charge in [-0.1, -0.05) is 0 Å². The SMILES string of the molecule is CC(=O)Nc1c(I)c(NC(C)=O)c(I)c(C(=O)NC(CC(N)=O)C(=O)O)c1I. The molecule has 10 nitrogen and oxygen atoms in total. The van der Waals surface area contributed by atoms with Crippen molar-refractivity contribution in [2.24, 2.45) is 5.73 Å². The number of aliphatic carboxylic acids is 1. The van der Waals surface area contributed by atoms with Crippen LogP contribution in [0.4, 0.5) is 11.4 Å². The van der Waals surface area contributed by atoms with Gasteiger partial charge in [0.2, 0.25) is 17.7 Å². The molecule has 0 heterocycles. The lowest BCUT2D eigenvalue weighted by molar-refractivity contribution is -0.141. The molecule has 28 heavy (non-hydrogen) atoms. The van der Waals surface area contributed by atoms with Crippen molar-refractivity contribution >= 4 is 109 Å². The number of nitrogens with one attached hydrogen (secondary N) is 3. The molecular weight excluding hydrogens is 713 g/mol. The summed E-state index contributed by atoms with van der Waals surface area (Å²) in [6, 6.07) is -1.52. The number of halogens is 3. The van der Waals surface area contributed by atoms with Crippen molar-refractivity contribution < 1.29 is 29.1 Å². The summed E-state index contributed by atoms with van der Waals surface area (Å²) in [6.45, 7) is 2.57. The molecule has 1 aromatic carbocycles. The van der Waals surface area contributed by atoms with Gasteiger partial charge in [-0.25, -0.2) is 4.79 Å². The minimum absolute atomic E-state index is 0.0461. The minimum atomic E-state index is -1.52. The van der Waals surface area contributed by atoms with Crippen LogP contribution in [0.1, 0.15) is 30.6 Å². The fraction of sp³-hybridized carbons (Fsp3) is 0.267. The maximum Gasteiger partial charge on any atom is 0.326 e. The van der Waals surface area contributed by atoms with Gasteiger partial charge < -0.3 is 26.8 Å². The number of hydrogen-bond donors (Lipinski definition) is 5. The van der Waals surface area contributed by atoms with Gasteiger partial charge in [-0.15, -0.1) is 0 Å². The van der Waals surface area contributed by atoms with E-state index >= 15 is 0 Å². The normalized spacial score (nSPS) is 11.3. The molecule has 152 valence electrons. The van der Waals surface area contributed by atoms with E-state index in [1.54, 1.807) is 0 Å². The summed E-state index contributed by atoms with van der Waals surface area (Å²) in [7, 11) is 0. The van der Waals surface area contributed by atoms with Crippen LogP contribution in [-0.4, -0.2) is 40.7 Å². The molecule has 1 atom stereocenters. The van der Waals surface area contributed by atoms with Gasteiger partial charge in [-0.05, 0) is 67.8 Å². The molecule has 0 saturated carbocycles. The average molecular weight is 728 g/mol. The highest BCUT2D eigenvalue weighted by Gasteiger charge is 2.29. The van der Waals surface area contributed by atoms with Crippen LogP contribution in [-0.2, 0) is 19.2 Å². The van der Waals surface area contributed by atoms with E-state index in [0.717, 1.165) is 0 Å². The Morgan fingerprint density at radius 1 is 0.929 bits per heavy atom. The summed E-state index contributed by atoms with van der Waals surface area (Å²) >= 11 is 5.61. The lowest BCUT2D eigenvalue weighted by Gasteiger charge is -2.20. The summed E-state index contributed by atoms with van der Waals surface area (Å²) < 4.78 is 1.19. The lowest BCUT2D eigenvalue weighted by Crippen LogP contribution is -2.44. The van der Waals surface area contributed by atoms with Gasteiger partial charge in [0.25, 0.3) is 5.91 Å². The summed E-state index contributed by atoms with van der Waals surface area (Å²) in [5, 5.41) is 16.7. The van der Waals surface area contributed by atoms with E-state index < -0.39 is 42.1 Å². The summed E-state index contributed by atoms with van der Waals surface area (Å²) in [4.78, 5) is 58.3. The van der Waals surface area contributed by atoms with E-state index in [9.17, 15) is 29.1 Å². The standard InChI is InChI=1S/C15H15I3N4O6/c1-4(23)20-12-9(16)8(10(17)13(11(12)18)21-5(2)24)14(26)22-6(15(27)28)3-7(19)25/h6H,3H2,1-2H3,(H2,19,25)(H,20,23)(H,21,24)(H,22,26)(H,27,28). The summed E-state index contributed by atoms with van der Waals surface area (Å²) in [5.41, 5.74) is 5.67. The van der Waals surface area contributed by atoms with Gasteiger partial charge in [0.15, 0.2) is 0 Å². The molecule has 0 aliphatic heterocycles. The lowest BCUT2D eigenvalue weighted by atomic mass is 10.1. The quantitative estimate of drug-likeness (QED) is 0.267. The molecule has 1 rings (SSSR count). The van der Waals surface area contributed by atoms with Crippen molar-refractivity contribution in [2.45, 2.75) is 26.3 Å². The number of anilines is 2. The van der Waals surface area contributed by atoms with Crippen molar-refractivity contribution in [3.05, 3.63) is 16.3 Å². The second kappa shape index (κ2) is 10.5. The number of carboxylic acid groups (broad SMARTS) is 1. The van der Waals surface area contributed by atoms with Crippen LogP contribution in [0.5, 0.6) is 0 Å². The summed E-state index contributed by atoms with van der Waals surface area (Å²) in [5.74, 6) is -3.90. The molecule has 4 amide bonds. The van der Waals surface area contributed by atoms with Crippen molar-refractivity contribution in [3.8, 4) is 0 Å². The van der Waals surface area contributed by atoms with E-state index in [1.165, 1.54) is 13.8 Å². The van der Waals surface area contributed by atoms with Crippen LogP contribution >= 0.6 is 67.8 Å². The second-order valence-corrected chi connectivity index (χ2v) is 8.70. The number of primary amides is 1. The van der Waals surface area contributed by atoms with Gasteiger partial charge in [0.05, 0.1) is 34.1 Å². The topological polar surface area (TPSA) is 168 Å². The van der Waals surface area contributed by atoms with Gasteiger partial charge in [-0.2, -0.15) is 0 Å². The first kappa shape index (κ1) is 24.8. The van der Waals surface area contributed by atoms with E-state index in [4.69, 9.17) is 5.73 Å².